The lowest BCUT2D eigenvalue weighted by Crippen LogP contribution is -2.52. The summed E-state index contributed by atoms with van der Waals surface area (Å²) in [5, 5.41) is 3.20. The van der Waals surface area contributed by atoms with E-state index in [1.807, 2.05) is 6.92 Å². The molecule has 1 saturated carbocycles. The fourth-order valence-electron chi connectivity index (χ4n) is 2.10. The van der Waals surface area contributed by atoms with Gasteiger partial charge in [0.05, 0.1) is 12.5 Å². The monoisotopic (exact) mass is 230 g/mol. The van der Waals surface area contributed by atoms with Crippen LogP contribution in [-0.4, -0.2) is 18.0 Å². The molecule has 0 aromatic carbocycles. The van der Waals surface area contributed by atoms with E-state index < -0.39 is 0 Å². The number of carbonyl (C=O) groups is 1. The minimum Gasteiger partial charge on any atom is -0.351 e. The standard InChI is InChI=1S/C11H19ClN2O/c1-8(12)7-14-10(15)9-5-3-4-6-11(9,2)13/h9H,1,3-7,13H2,2H3,(H,14,15). The minimum absolute atomic E-state index is 0.00139. The van der Waals surface area contributed by atoms with Crippen LogP contribution in [0, 0.1) is 5.92 Å². The second kappa shape index (κ2) is 4.99. The molecule has 2 atom stereocenters. The minimum atomic E-state index is -0.379. The van der Waals surface area contributed by atoms with Gasteiger partial charge >= 0.3 is 0 Å². The Bertz CT molecular complexity index is 263. The number of amides is 1. The third-order valence-corrected chi connectivity index (χ3v) is 3.16. The summed E-state index contributed by atoms with van der Waals surface area (Å²) in [7, 11) is 0. The Morgan fingerprint density at radius 2 is 2.33 bits per heavy atom. The highest BCUT2D eigenvalue weighted by atomic mass is 35.5. The van der Waals surface area contributed by atoms with Crippen LogP contribution >= 0.6 is 11.6 Å². The van der Waals surface area contributed by atoms with E-state index in [4.69, 9.17) is 17.3 Å². The van der Waals surface area contributed by atoms with Crippen LogP contribution in [0.2, 0.25) is 0 Å². The van der Waals surface area contributed by atoms with Gasteiger partial charge in [-0.25, -0.2) is 0 Å². The Hall–Kier alpha value is -0.540. The molecular weight excluding hydrogens is 212 g/mol. The fourth-order valence-corrected chi connectivity index (χ4v) is 2.16. The average Bonchev–Trinajstić information content (AvgIpc) is 2.13. The first-order valence-corrected chi connectivity index (χ1v) is 5.71. The van der Waals surface area contributed by atoms with E-state index in [2.05, 4.69) is 11.9 Å². The third kappa shape index (κ3) is 3.50. The Balaban J connectivity index is 2.53. The van der Waals surface area contributed by atoms with Crippen LogP contribution in [0.25, 0.3) is 0 Å². The summed E-state index contributed by atoms with van der Waals surface area (Å²) in [5.41, 5.74) is 5.73. The molecule has 1 aliphatic rings. The average molecular weight is 231 g/mol. The molecule has 3 N–H and O–H groups in total. The number of halogens is 1. The van der Waals surface area contributed by atoms with E-state index in [1.54, 1.807) is 0 Å². The molecule has 1 fully saturated rings. The Morgan fingerprint density at radius 3 is 2.87 bits per heavy atom. The molecule has 0 heterocycles. The zero-order chi connectivity index (χ0) is 11.5. The Labute approximate surface area is 96.0 Å². The highest BCUT2D eigenvalue weighted by molar-refractivity contribution is 6.29. The summed E-state index contributed by atoms with van der Waals surface area (Å²) in [6, 6.07) is 0. The normalized spacial score (nSPS) is 31.0. The van der Waals surface area contributed by atoms with Crippen molar-refractivity contribution < 1.29 is 4.79 Å². The molecule has 1 amide bonds. The zero-order valence-electron chi connectivity index (χ0n) is 9.18. The first-order chi connectivity index (χ1) is 6.93. The molecule has 3 nitrogen and oxygen atoms in total. The SMILES string of the molecule is C=C(Cl)CNC(=O)C1CCCCC1(C)N. The first kappa shape index (κ1) is 12.5. The maximum atomic E-state index is 11.8. The molecule has 0 aliphatic heterocycles. The number of nitrogens with one attached hydrogen (secondary N) is 1. The van der Waals surface area contributed by atoms with Crippen molar-refractivity contribution in [1.29, 1.82) is 0 Å². The van der Waals surface area contributed by atoms with Crippen LogP contribution < -0.4 is 11.1 Å². The summed E-state index contributed by atoms with van der Waals surface area (Å²) in [6.07, 6.45) is 3.96. The van der Waals surface area contributed by atoms with E-state index in [9.17, 15) is 4.79 Å². The molecule has 0 radical (unpaired) electrons. The highest BCUT2D eigenvalue weighted by Gasteiger charge is 2.37. The zero-order valence-corrected chi connectivity index (χ0v) is 9.94. The molecule has 0 aromatic rings. The number of carbonyl (C=O) groups excluding carboxylic acids is 1. The number of rotatable bonds is 3. The van der Waals surface area contributed by atoms with Crippen LogP contribution in [0.1, 0.15) is 32.6 Å². The molecule has 0 bridgehead atoms. The molecule has 4 heteroatoms. The molecule has 1 aliphatic carbocycles. The summed E-state index contributed by atoms with van der Waals surface area (Å²) >= 11 is 5.59. The predicted molar refractivity (Wildman–Crippen MR) is 62.6 cm³/mol. The lowest BCUT2D eigenvalue weighted by atomic mass is 9.74. The van der Waals surface area contributed by atoms with E-state index in [0.29, 0.717) is 11.6 Å². The molecule has 0 spiro atoms. The summed E-state index contributed by atoms with van der Waals surface area (Å²) in [4.78, 5) is 11.8. The van der Waals surface area contributed by atoms with Crippen LogP contribution in [0.5, 0.6) is 0 Å². The third-order valence-electron chi connectivity index (χ3n) is 3.03. The molecule has 15 heavy (non-hydrogen) atoms. The van der Waals surface area contributed by atoms with Crippen molar-refractivity contribution in [2.24, 2.45) is 11.7 Å². The molecule has 0 saturated heterocycles. The van der Waals surface area contributed by atoms with Gasteiger partial charge in [-0.1, -0.05) is 31.0 Å². The van der Waals surface area contributed by atoms with E-state index in [0.717, 1.165) is 25.7 Å². The van der Waals surface area contributed by atoms with E-state index >= 15 is 0 Å². The van der Waals surface area contributed by atoms with Gasteiger partial charge in [0, 0.05) is 10.6 Å². The van der Waals surface area contributed by atoms with Crippen molar-refractivity contribution in [3.8, 4) is 0 Å². The van der Waals surface area contributed by atoms with Gasteiger partial charge in [0.2, 0.25) is 5.91 Å². The Morgan fingerprint density at radius 1 is 1.67 bits per heavy atom. The topological polar surface area (TPSA) is 55.1 Å². The van der Waals surface area contributed by atoms with Gasteiger partial charge in [0.1, 0.15) is 0 Å². The summed E-state index contributed by atoms with van der Waals surface area (Å²) < 4.78 is 0. The molecular formula is C11H19ClN2O. The number of hydrogen-bond acceptors (Lipinski definition) is 2. The van der Waals surface area contributed by atoms with Crippen molar-refractivity contribution in [2.75, 3.05) is 6.54 Å². The van der Waals surface area contributed by atoms with Crippen LogP contribution in [0.4, 0.5) is 0 Å². The van der Waals surface area contributed by atoms with E-state index in [1.165, 1.54) is 0 Å². The molecule has 1 rings (SSSR count). The van der Waals surface area contributed by atoms with Crippen molar-refractivity contribution in [2.45, 2.75) is 38.1 Å². The largest absolute Gasteiger partial charge is 0.351 e. The van der Waals surface area contributed by atoms with Gasteiger partial charge in [-0.15, -0.1) is 0 Å². The Kier molecular flexibility index (Phi) is 4.17. The van der Waals surface area contributed by atoms with Crippen LogP contribution in [0.3, 0.4) is 0 Å². The van der Waals surface area contributed by atoms with Gasteiger partial charge in [0.15, 0.2) is 0 Å². The van der Waals surface area contributed by atoms with Gasteiger partial charge < -0.3 is 11.1 Å². The van der Waals surface area contributed by atoms with Crippen molar-refractivity contribution in [3.05, 3.63) is 11.6 Å². The van der Waals surface area contributed by atoms with E-state index in [-0.39, 0.29) is 17.4 Å². The van der Waals surface area contributed by atoms with Gasteiger partial charge in [0.25, 0.3) is 0 Å². The maximum Gasteiger partial charge on any atom is 0.225 e. The highest BCUT2D eigenvalue weighted by Crippen LogP contribution is 2.31. The first-order valence-electron chi connectivity index (χ1n) is 5.33. The number of nitrogens with two attached hydrogens (primary N) is 1. The maximum absolute atomic E-state index is 11.8. The van der Waals surface area contributed by atoms with Gasteiger partial charge in [-0.3, -0.25) is 4.79 Å². The van der Waals surface area contributed by atoms with Gasteiger partial charge in [-0.2, -0.15) is 0 Å². The predicted octanol–water partition coefficient (Wildman–Crippen LogP) is 1.76. The fraction of sp³-hybridized carbons (Fsp3) is 0.727. The van der Waals surface area contributed by atoms with Crippen LogP contribution in [0.15, 0.2) is 11.6 Å². The smallest absolute Gasteiger partial charge is 0.225 e. The number of hydrogen-bond donors (Lipinski definition) is 2. The molecule has 2 unspecified atom stereocenters. The lowest BCUT2D eigenvalue weighted by molar-refractivity contribution is -0.127. The summed E-state index contributed by atoms with van der Waals surface area (Å²) in [6.45, 7) is 5.80. The van der Waals surface area contributed by atoms with Crippen molar-refractivity contribution in [3.63, 3.8) is 0 Å². The summed E-state index contributed by atoms with van der Waals surface area (Å²) in [5.74, 6) is -0.0937. The van der Waals surface area contributed by atoms with Crippen LogP contribution in [-0.2, 0) is 4.79 Å². The quantitative estimate of drug-likeness (QED) is 0.777. The lowest BCUT2D eigenvalue weighted by Gasteiger charge is -2.37. The second-order valence-electron chi connectivity index (χ2n) is 4.54. The molecule has 0 aromatic heterocycles. The van der Waals surface area contributed by atoms with Crippen molar-refractivity contribution in [1.82, 2.24) is 5.32 Å². The molecule has 86 valence electrons. The van der Waals surface area contributed by atoms with Crippen molar-refractivity contribution >= 4 is 17.5 Å². The van der Waals surface area contributed by atoms with Gasteiger partial charge in [-0.05, 0) is 19.8 Å². The second-order valence-corrected chi connectivity index (χ2v) is 5.07.